The highest BCUT2D eigenvalue weighted by Gasteiger charge is 2.24. The van der Waals surface area contributed by atoms with Crippen molar-refractivity contribution in [2.24, 2.45) is 0 Å². The van der Waals surface area contributed by atoms with Crippen LogP contribution in [0.15, 0.2) is 22.7 Å². The van der Waals surface area contributed by atoms with Crippen LogP contribution < -0.4 is 9.47 Å². The molecule has 2 aromatic rings. The van der Waals surface area contributed by atoms with Crippen molar-refractivity contribution in [1.29, 1.82) is 5.26 Å². The van der Waals surface area contributed by atoms with Crippen molar-refractivity contribution >= 4 is 0 Å². The Hall–Kier alpha value is -2.55. The van der Waals surface area contributed by atoms with Gasteiger partial charge in [0, 0.05) is 11.5 Å². The maximum absolute atomic E-state index is 8.91. The van der Waals surface area contributed by atoms with Crippen LogP contribution in [0.25, 0.3) is 0 Å². The molecule has 0 saturated heterocycles. The van der Waals surface area contributed by atoms with E-state index in [0.29, 0.717) is 28.8 Å². The largest absolute Gasteiger partial charge is 0.493 e. The minimum absolute atomic E-state index is 0.187. The minimum Gasteiger partial charge on any atom is -0.493 e. The van der Waals surface area contributed by atoms with Crippen LogP contribution in [-0.2, 0) is 5.41 Å². The lowest BCUT2D eigenvalue weighted by Gasteiger charge is -2.14. The van der Waals surface area contributed by atoms with Gasteiger partial charge in [-0.1, -0.05) is 25.9 Å². The van der Waals surface area contributed by atoms with Gasteiger partial charge in [0.05, 0.1) is 18.7 Å². The van der Waals surface area contributed by atoms with Crippen LogP contribution in [0, 0.1) is 11.3 Å². The first-order valence-electron chi connectivity index (χ1n) is 6.94. The summed E-state index contributed by atoms with van der Waals surface area (Å²) in [4.78, 5) is 4.37. The highest BCUT2D eigenvalue weighted by Crippen LogP contribution is 2.32. The van der Waals surface area contributed by atoms with E-state index in [0.717, 1.165) is 0 Å². The molecule has 0 aliphatic carbocycles. The zero-order valence-electron chi connectivity index (χ0n) is 13.4. The molecule has 0 amide bonds. The molecule has 1 aromatic carbocycles. The van der Waals surface area contributed by atoms with Crippen molar-refractivity contribution in [2.45, 2.75) is 39.2 Å². The normalized spacial score (nSPS) is 12.5. The van der Waals surface area contributed by atoms with Crippen molar-refractivity contribution in [1.82, 2.24) is 10.1 Å². The summed E-state index contributed by atoms with van der Waals surface area (Å²) in [5.74, 6) is 2.03. The third kappa shape index (κ3) is 3.37. The van der Waals surface area contributed by atoms with Gasteiger partial charge in [-0.15, -0.1) is 0 Å². The Balaban J connectivity index is 2.20. The first kappa shape index (κ1) is 15.8. The highest BCUT2D eigenvalue weighted by atomic mass is 16.5. The number of nitrogens with zero attached hydrogens (tertiary/aromatic N) is 3. The van der Waals surface area contributed by atoms with Crippen molar-refractivity contribution in [3.8, 4) is 17.6 Å². The molecule has 0 bridgehead atoms. The quantitative estimate of drug-likeness (QED) is 0.861. The zero-order chi connectivity index (χ0) is 16.3. The number of benzene rings is 1. The molecule has 22 heavy (non-hydrogen) atoms. The van der Waals surface area contributed by atoms with Gasteiger partial charge in [0.2, 0.25) is 0 Å². The van der Waals surface area contributed by atoms with E-state index in [9.17, 15) is 0 Å². The summed E-state index contributed by atoms with van der Waals surface area (Å²) in [7, 11) is 1.53. The lowest BCUT2D eigenvalue weighted by Crippen LogP contribution is -2.14. The molecule has 0 aliphatic heterocycles. The van der Waals surface area contributed by atoms with Gasteiger partial charge in [0.1, 0.15) is 0 Å². The second-order valence-electron chi connectivity index (χ2n) is 5.94. The van der Waals surface area contributed by atoms with Gasteiger partial charge < -0.3 is 14.0 Å². The van der Waals surface area contributed by atoms with Crippen LogP contribution in [-0.4, -0.2) is 17.3 Å². The summed E-state index contributed by atoms with van der Waals surface area (Å²) in [5.41, 5.74) is 0.317. The molecule has 1 atom stereocenters. The fourth-order valence-electron chi connectivity index (χ4n) is 1.78. The fourth-order valence-corrected chi connectivity index (χ4v) is 1.78. The molecule has 116 valence electrons. The average molecular weight is 301 g/mol. The van der Waals surface area contributed by atoms with Gasteiger partial charge in [-0.05, 0) is 19.1 Å². The molecular formula is C16H19N3O3. The number of aromatic nitrogens is 2. The first-order chi connectivity index (χ1) is 10.3. The van der Waals surface area contributed by atoms with E-state index >= 15 is 0 Å². The van der Waals surface area contributed by atoms with E-state index in [1.807, 2.05) is 27.7 Å². The van der Waals surface area contributed by atoms with Crippen LogP contribution in [0.4, 0.5) is 0 Å². The van der Waals surface area contributed by atoms with Crippen LogP contribution in [0.3, 0.4) is 0 Å². The lowest BCUT2D eigenvalue weighted by atomic mass is 9.96. The SMILES string of the molecule is COc1cc(C#N)ccc1OC(C)c1nc(C(C)(C)C)no1. The molecule has 0 spiro atoms. The predicted molar refractivity (Wildman–Crippen MR) is 79.8 cm³/mol. The molecule has 1 aromatic heterocycles. The Labute approximate surface area is 129 Å². The summed E-state index contributed by atoms with van der Waals surface area (Å²) >= 11 is 0. The Morgan fingerprint density at radius 3 is 2.55 bits per heavy atom. The van der Waals surface area contributed by atoms with E-state index in [1.165, 1.54) is 7.11 Å². The van der Waals surface area contributed by atoms with Crippen molar-refractivity contribution in [3.05, 3.63) is 35.5 Å². The fraction of sp³-hybridized carbons (Fsp3) is 0.438. The van der Waals surface area contributed by atoms with E-state index in [-0.39, 0.29) is 5.41 Å². The average Bonchev–Trinajstić information content (AvgIpc) is 2.97. The second-order valence-corrected chi connectivity index (χ2v) is 5.94. The summed E-state index contributed by atoms with van der Waals surface area (Å²) in [6, 6.07) is 7.03. The molecule has 1 unspecified atom stereocenters. The lowest BCUT2D eigenvalue weighted by molar-refractivity contribution is 0.169. The van der Waals surface area contributed by atoms with Gasteiger partial charge in [-0.3, -0.25) is 0 Å². The van der Waals surface area contributed by atoms with Gasteiger partial charge >= 0.3 is 0 Å². The van der Waals surface area contributed by atoms with Crippen LogP contribution in [0.5, 0.6) is 11.5 Å². The molecule has 6 heteroatoms. The minimum atomic E-state index is -0.426. The molecule has 1 heterocycles. The van der Waals surface area contributed by atoms with E-state index in [2.05, 4.69) is 16.2 Å². The van der Waals surface area contributed by atoms with Crippen molar-refractivity contribution in [3.63, 3.8) is 0 Å². The van der Waals surface area contributed by atoms with Crippen molar-refractivity contribution in [2.75, 3.05) is 7.11 Å². The summed E-state index contributed by atoms with van der Waals surface area (Å²) in [6.45, 7) is 7.85. The Morgan fingerprint density at radius 2 is 2.00 bits per heavy atom. The summed E-state index contributed by atoms with van der Waals surface area (Å²) in [5, 5.41) is 12.9. The maximum atomic E-state index is 8.91. The molecular weight excluding hydrogens is 282 g/mol. The monoisotopic (exact) mass is 301 g/mol. The van der Waals surface area contributed by atoms with Crippen LogP contribution in [0.2, 0.25) is 0 Å². The number of ether oxygens (including phenoxy) is 2. The smallest absolute Gasteiger partial charge is 0.267 e. The predicted octanol–water partition coefficient (Wildman–Crippen LogP) is 3.39. The Kier molecular flexibility index (Phi) is 4.36. The van der Waals surface area contributed by atoms with Gasteiger partial charge in [0.15, 0.2) is 23.4 Å². The number of hydrogen-bond donors (Lipinski definition) is 0. The molecule has 6 nitrogen and oxygen atoms in total. The third-order valence-corrected chi connectivity index (χ3v) is 3.06. The second kappa shape index (κ2) is 6.06. The van der Waals surface area contributed by atoms with Crippen LogP contribution >= 0.6 is 0 Å². The summed E-state index contributed by atoms with van der Waals surface area (Å²) < 4.78 is 16.3. The van der Waals surface area contributed by atoms with E-state index in [4.69, 9.17) is 19.3 Å². The van der Waals surface area contributed by atoms with Gasteiger partial charge in [-0.2, -0.15) is 10.2 Å². The first-order valence-corrected chi connectivity index (χ1v) is 6.94. The van der Waals surface area contributed by atoms with Gasteiger partial charge in [-0.25, -0.2) is 0 Å². The molecule has 0 saturated carbocycles. The third-order valence-electron chi connectivity index (χ3n) is 3.06. The number of nitriles is 1. The number of methoxy groups -OCH3 is 1. The van der Waals surface area contributed by atoms with E-state index in [1.54, 1.807) is 18.2 Å². The molecule has 0 fully saturated rings. The molecule has 0 radical (unpaired) electrons. The number of hydrogen-bond acceptors (Lipinski definition) is 6. The zero-order valence-corrected chi connectivity index (χ0v) is 13.4. The Morgan fingerprint density at radius 1 is 1.27 bits per heavy atom. The Bertz CT molecular complexity index is 695. The molecule has 0 aliphatic rings. The standard InChI is InChI=1S/C16H19N3O3/c1-10(14-18-15(19-22-14)16(2,3)4)21-12-7-6-11(9-17)8-13(12)20-5/h6-8,10H,1-5H3. The maximum Gasteiger partial charge on any atom is 0.267 e. The van der Waals surface area contributed by atoms with Crippen LogP contribution in [0.1, 0.15) is 51.1 Å². The topological polar surface area (TPSA) is 81.2 Å². The van der Waals surface area contributed by atoms with E-state index < -0.39 is 6.10 Å². The number of rotatable bonds is 4. The summed E-state index contributed by atoms with van der Waals surface area (Å²) in [6.07, 6.45) is -0.426. The highest BCUT2D eigenvalue weighted by molar-refractivity contribution is 5.46. The van der Waals surface area contributed by atoms with Crippen molar-refractivity contribution < 1.29 is 14.0 Å². The van der Waals surface area contributed by atoms with Gasteiger partial charge in [0.25, 0.3) is 5.89 Å². The molecule has 0 N–H and O–H groups in total. The molecule has 2 rings (SSSR count).